The van der Waals surface area contributed by atoms with Crippen LogP contribution in [0.5, 0.6) is 5.75 Å². The van der Waals surface area contributed by atoms with Gasteiger partial charge >= 0.3 is 5.97 Å². The van der Waals surface area contributed by atoms with Crippen molar-refractivity contribution in [2.24, 2.45) is 0 Å². The van der Waals surface area contributed by atoms with Crippen molar-refractivity contribution < 1.29 is 23.7 Å². The first-order valence-corrected chi connectivity index (χ1v) is 8.92. The summed E-state index contributed by atoms with van der Waals surface area (Å²) in [5.74, 6) is 0.447. The van der Waals surface area contributed by atoms with Crippen molar-refractivity contribution in [1.82, 2.24) is 0 Å². The van der Waals surface area contributed by atoms with Crippen LogP contribution in [-0.2, 0) is 25.6 Å². The molecule has 3 atom stereocenters. The van der Waals surface area contributed by atoms with Crippen LogP contribution < -0.4 is 4.74 Å². The second-order valence-corrected chi connectivity index (χ2v) is 6.32. The van der Waals surface area contributed by atoms with Crippen molar-refractivity contribution >= 4 is 5.97 Å². The van der Waals surface area contributed by atoms with Crippen molar-refractivity contribution in [2.75, 3.05) is 13.7 Å². The number of rotatable bonds is 7. The molecular weight excluding hydrogens is 344 g/mol. The molecule has 0 radical (unpaired) electrons. The van der Waals surface area contributed by atoms with Gasteiger partial charge in [0, 0.05) is 6.92 Å². The van der Waals surface area contributed by atoms with Crippen LogP contribution in [0.1, 0.15) is 24.2 Å². The Morgan fingerprint density at radius 1 is 1.07 bits per heavy atom. The van der Waals surface area contributed by atoms with E-state index in [9.17, 15) is 4.79 Å². The third-order valence-corrected chi connectivity index (χ3v) is 4.32. The van der Waals surface area contributed by atoms with E-state index in [1.54, 1.807) is 7.11 Å². The van der Waals surface area contributed by atoms with Gasteiger partial charge in [0.25, 0.3) is 0 Å². The van der Waals surface area contributed by atoms with Crippen LogP contribution in [0.4, 0.5) is 0 Å². The maximum absolute atomic E-state index is 11.2. The average molecular weight is 368 g/mol. The van der Waals surface area contributed by atoms with Crippen molar-refractivity contribution in [1.29, 1.82) is 0 Å². The van der Waals surface area contributed by atoms with E-state index in [1.165, 1.54) is 6.92 Å². The third kappa shape index (κ3) is 5.42. The first-order valence-electron chi connectivity index (χ1n) is 8.92. The zero-order valence-corrected chi connectivity index (χ0v) is 15.5. The lowest BCUT2D eigenvalue weighted by Crippen LogP contribution is -2.38. The van der Waals surface area contributed by atoms with Gasteiger partial charge in [0.15, 0.2) is 0 Å². The smallest absolute Gasteiger partial charge is 0.302 e. The number of ether oxygens (including phenoxy) is 4. The highest BCUT2D eigenvalue weighted by molar-refractivity contribution is 5.65. The maximum Gasteiger partial charge on any atom is 0.302 e. The Morgan fingerprint density at radius 3 is 2.63 bits per heavy atom. The summed E-state index contributed by atoms with van der Waals surface area (Å²) < 4.78 is 22.6. The number of methoxy groups -OCH3 is 1. The number of esters is 1. The minimum atomic E-state index is -0.380. The molecule has 5 heteroatoms. The second kappa shape index (κ2) is 9.35. The molecule has 3 unspecified atom stereocenters. The van der Waals surface area contributed by atoms with Gasteiger partial charge in [0.2, 0.25) is 0 Å². The molecule has 0 aromatic heterocycles. The highest BCUT2D eigenvalue weighted by Gasteiger charge is 2.29. The predicted molar refractivity (Wildman–Crippen MR) is 101 cm³/mol. The zero-order valence-electron chi connectivity index (χ0n) is 15.5. The molecule has 0 fully saturated rings. The number of benzene rings is 2. The van der Waals surface area contributed by atoms with E-state index in [1.807, 2.05) is 66.7 Å². The highest BCUT2D eigenvalue weighted by Crippen LogP contribution is 2.28. The molecule has 0 aliphatic carbocycles. The second-order valence-electron chi connectivity index (χ2n) is 6.32. The summed E-state index contributed by atoms with van der Waals surface area (Å²) >= 11 is 0. The molecule has 0 saturated heterocycles. The molecule has 2 aromatic rings. The monoisotopic (exact) mass is 368 g/mol. The fraction of sp³-hybridized carbons (Fsp3) is 0.318. The summed E-state index contributed by atoms with van der Waals surface area (Å²) in [5, 5.41) is 0. The molecule has 0 amide bonds. The quantitative estimate of drug-likeness (QED) is 0.549. The molecule has 0 N–H and O–H groups in total. The molecule has 0 spiro atoms. The van der Waals surface area contributed by atoms with Crippen LogP contribution in [-0.4, -0.2) is 31.9 Å². The standard InChI is InChI=1S/C22H24O5/c1-16(23)25-15-22-21(26-14-17-7-6-10-19(13-17)24-2)12-11-20(27-22)18-8-4-3-5-9-18/h3-13,20-22H,14-15H2,1-2H3. The van der Waals surface area contributed by atoms with E-state index < -0.39 is 0 Å². The highest BCUT2D eigenvalue weighted by atomic mass is 16.6. The van der Waals surface area contributed by atoms with E-state index in [0.29, 0.717) is 6.61 Å². The Balaban J connectivity index is 1.69. The van der Waals surface area contributed by atoms with Crippen molar-refractivity contribution in [3.05, 3.63) is 77.9 Å². The van der Waals surface area contributed by atoms with E-state index in [4.69, 9.17) is 18.9 Å². The molecule has 1 aliphatic rings. The Morgan fingerprint density at radius 2 is 1.89 bits per heavy atom. The van der Waals surface area contributed by atoms with E-state index in [0.717, 1.165) is 16.9 Å². The van der Waals surface area contributed by atoms with Gasteiger partial charge in [0.05, 0.1) is 13.7 Å². The number of hydrogen-bond donors (Lipinski definition) is 0. The number of carbonyl (C=O) groups is 1. The lowest BCUT2D eigenvalue weighted by Gasteiger charge is -2.32. The summed E-state index contributed by atoms with van der Waals surface area (Å²) in [6.45, 7) is 1.94. The van der Waals surface area contributed by atoms with Gasteiger partial charge in [-0.1, -0.05) is 54.6 Å². The Labute approximate surface area is 159 Å². The lowest BCUT2D eigenvalue weighted by atomic mass is 10.0. The third-order valence-electron chi connectivity index (χ3n) is 4.32. The minimum Gasteiger partial charge on any atom is -0.497 e. The van der Waals surface area contributed by atoms with Gasteiger partial charge in [0.1, 0.15) is 30.7 Å². The average Bonchev–Trinajstić information content (AvgIpc) is 2.71. The Hall–Kier alpha value is -2.63. The van der Waals surface area contributed by atoms with Crippen LogP contribution in [0.25, 0.3) is 0 Å². The normalized spacial score (nSPS) is 21.6. The zero-order chi connectivity index (χ0) is 19.1. The van der Waals surface area contributed by atoms with Crippen molar-refractivity contribution in [3.63, 3.8) is 0 Å². The lowest BCUT2D eigenvalue weighted by molar-refractivity contribution is -0.154. The number of hydrogen-bond acceptors (Lipinski definition) is 5. The minimum absolute atomic E-state index is 0.145. The topological polar surface area (TPSA) is 54.0 Å². The van der Waals surface area contributed by atoms with E-state index >= 15 is 0 Å². The fourth-order valence-electron chi connectivity index (χ4n) is 2.93. The van der Waals surface area contributed by atoms with Crippen LogP contribution in [0, 0.1) is 0 Å². The van der Waals surface area contributed by atoms with Crippen molar-refractivity contribution in [2.45, 2.75) is 31.8 Å². The molecule has 2 aromatic carbocycles. The summed E-state index contributed by atoms with van der Waals surface area (Å²) in [4.78, 5) is 11.2. The SMILES string of the molecule is COc1cccc(COC2C=CC(c3ccccc3)OC2COC(C)=O)c1. The molecule has 142 valence electrons. The molecule has 0 saturated carbocycles. The summed E-state index contributed by atoms with van der Waals surface area (Å²) in [6.07, 6.45) is 3.08. The first kappa shape index (κ1) is 19.1. The van der Waals surface area contributed by atoms with Crippen LogP contribution in [0.3, 0.4) is 0 Å². The predicted octanol–water partition coefficient (Wildman–Crippen LogP) is 3.84. The van der Waals surface area contributed by atoms with Gasteiger partial charge in [-0.3, -0.25) is 4.79 Å². The maximum atomic E-state index is 11.2. The van der Waals surface area contributed by atoms with Gasteiger partial charge < -0.3 is 18.9 Å². The fourth-order valence-corrected chi connectivity index (χ4v) is 2.93. The Bertz CT molecular complexity index is 771. The van der Waals surface area contributed by atoms with Crippen molar-refractivity contribution in [3.8, 4) is 5.75 Å². The van der Waals surface area contributed by atoms with Crippen LogP contribution in [0.2, 0.25) is 0 Å². The largest absolute Gasteiger partial charge is 0.497 e. The van der Waals surface area contributed by atoms with Gasteiger partial charge in [-0.2, -0.15) is 0 Å². The first-order chi connectivity index (χ1) is 13.2. The summed E-state index contributed by atoms with van der Waals surface area (Å²) in [7, 11) is 1.64. The van der Waals surface area contributed by atoms with Gasteiger partial charge in [-0.15, -0.1) is 0 Å². The summed E-state index contributed by atoms with van der Waals surface area (Å²) in [5.41, 5.74) is 2.05. The molecule has 5 nitrogen and oxygen atoms in total. The van der Waals surface area contributed by atoms with Gasteiger partial charge in [-0.05, 0) is 23.3 Å². The molecule has 27 heavy (non-hydrogen) atoms. The molecule has 3 rings (SSSR count). The van der Waals surface area contributed by atoms with E-state index in [-0.39, 0.29) is 30.9 Å². The Kier molecular flexibility index (Phi) is 6.63. The molecule has 0 bridgehead atoms. The molecular formula is C22H24O5. The molecule has 1 heterocycles. The van der Waals surface area contributed by atoms with E-state index in [2.05, 4.69) is 0 Å². The van der Waals surface area contributed by atoms with Gasteiger partial charge in [-0.25, -0.2) is 0 Å². The van der Waals surface area contributed by atoms with Crippen LogP contribution >= 0.6 is 0 Å². The number of carbonyl (C=O) groups excluding carboxylic acids is 1. The summed E-state index contributed by atoms with van der Waals surface area (Å²) in [6, 6.07) is 17.6. The van der Waals surface area contributed by atoms with Crippen LogP contribution in [0.15, 0.2) is 66.7 Å². The molecule has 1 aliphatic heterocycles.